The maximum atomic E-state index is 4.28. The van der Waals surface area contributed by atoms with Gasteiger partial charge in [0.1, 0.15) is 0 Å². The van der Waals surface area contributed by atoms with Crippen LogP contribution in [-0.2, 0) is 7.05 Å². The molecular weight excluding hydrogens is 302 g/mol. The Balaban J connectivity index is 2.33. The first-order valence-corrected chi connectivity index (χ1v) is 7.39. The van der Waals surface area contributed by atoms with E-state index in [0.29, 0.717) is 0 Å². The molecule has 1 unspecified atom stereocenters. The molecule has 1 N–H and O–H groups in total. The van der Waals surface area contributed by atoms with E-state index in [1.54, 1.807) is 0 Å². The van der Waals surface area contributed by atoms with Gasteiger partial charge in [-0.05, 0) is 37.1 Å². The van der Waals surface area contributed by atoms with Crippen LogP contribution in [-0.4, -0.2) is 16.3 Å². The van der Waals surface area contributed by atoms with Crippen LogP contribution < -0.4 is 5.32 Å². The maximum Gasteiger partial charge on any atom is 0.0608 e. The zero-order chi connectivity index (χ0) is 13.8. The van der Waals surface area contributed by atoms with Crippen molar-refractivity contribution < 1.29 is 0 Å². The van der Waals surface area contributed by atoms with Crippen molar-refractivity contribution in [3.05, 3.63) is 51.8 Å². The van der Waals surface area contributed by atoms with Gasteiger partial charge in [0.05, 0.1) is 12.2 Å². The molecule has 0 saturated heterocycles. The van der Waals surface area contributed by atoms with Crippen molar-refractivity contribution in [2.75, 3.05) is 6.54 Å². The lowest BCUT2D eigenvalue weighted by atomic mass is 10.00. The number of aryl methyl sites for hydroxylation is 2. The van der Waals surface area contributed by atoms with Gasteiger partial charge in [-0.2, -0.15) is 5.10 Å². The smallest absolute Gasteiger partial charge is 0.0608 e. The van der Waals surface area contributed by atoms with Crippen LogP contribution in [0.2, 0.25) is 0 Å². The van der Waals surface area contributed by atoms with Crippen molar-refractivity contribution in [1.29, 1.82) is 0 Å². The summed E-state index contributed by atoms with van der Waals surface area (Å²) in [4.78, 5) is 0. The van der Waals surface area contributed by atoms with E-state index >= 15 is 0 Å². The van der Waals surface area contributed by atoms with Crippen LogP contribution in [0.3, 0.4) is 0 Å². The third-order valence-electron chi connectivity index (χ3n) is 3.17. The SMILES string of the molecule is CCCNC(c1ccc(Br)c(C)c1)c1cnn(C)c1. The zero-order valence-electron chi connectivity index (χ0n) is 11.7. The van der Waals surface area contributed by atoms with Gasteiger partial charge in [0.15, 0.2) is 0 Å². The van der Waals surface area contributed by atoms with Gasteiger partial charge in [0.2, 0.25) is 0 Å². The minimum absolute atomic E-state index is 0.209. The Labute approximate surface area is 123 Å². The fourth-order valence-corrected chi connectivity index (χ4v) is 2.40. The first kappa shape index (κ1) is 14.3. The van der Waals surface area contributed by atoms with Gasteiger partial charge >= 0.3 is 0 Å². The Morgan fingerprint density at radius 1 is 1.37 bits per heavy atom. The summed E-state index contributed by atoms with van der Waals surface area (Å²) in [5.41, 5.74) is 3.74. The summed E-state index contributed by atoms with van der Waals surface area (Å²) in [6, 6.07) is 6.71. The second-order valence-electron chi connectivity index (χ2n) is 4.84. The lowest BCUT2D eigenvalue weighted by Gasteiger charge is -2.18. The monoisotopic (exact) mass is 321 g/mol. The predicted molar refractivity (Wildman–Crippen MR) is 82.2 cm³/mol. The number of rotatable bonds is 5. The van der Waals surface area contributed by atoms with Crippen LogP contribution in [0.1, 0.15) is 36.1 Å². The summed E-state index contributed by atoms with van der Waals surface area (Å²) in [5, 5.41) is 7.87. The van der Waals surface area contributed by atoms with E-state index in [0.717, 1.165) is 17.4 Å². The second-order valence-corrected chi connectivity index (χ2v) is 5.70. The van der Waals surface area contributed by atoms with Gasteiger partial charge in [-0.1, -0.05) is 35.0 Å². The molecule has 1 heterocycles. The zero-order valence-corrected chi connectivity index (χ0v) is 13.2. The first-order chi connectivity index (χ1) is 9.11. The largest absolute Gasteiger partial charge is 0.306 e. The lowest BCUT2D eigenvalue weighted by Crippen LogP contribution is -2.23. The molecule has 0 aliphatic heterocycles. The predicted octanol–water partition coefficient (Wildman–Crippen LogP) is 3.58. The normalized spacial score (nSPS) is 12.6. The van der Waals surface area contributed by atoms with Crippen LogP contribution in [0.15, 0.2) is 35.1 Å². The van der Waals surface area contributed by atoms with Gasteiger partial charge in [0.25, 0.3) is 0 Å². The van der Waals surface area contributed by atoms with E-state index in [1.165, 1.54) is 16.7 Å². The molecule has 4 heteroatoms. The molecule has 3 nitrogen and oxygen atoms in total. The van der Waals surface area contributed by atoms with Crippen molar-refractivity contribution in [1.82, 2.24) is 15.1 Å². The summed E-state index contributed by atoms with van der Waals surface area (Å²) in [6.45, 7) is 5.29. The summed E-state index contributed by atoms with van der Waals surface area (Å²) >= 11 is 3.55. The van der Waals surface area contributed by atoms with E-state index in [4.69, 9.17) is 0 Å². The molecule has 0 amide bonds. The molecule has 1 aromatic carbocycles. The summed E-state index contributed by atoms with van der Waals surface area (Å²) in [6.07, 6.45) is 5.13. The number of benzene rings is 1. The number of hydrogen-bond acceptors (Lipinski definition) is 2. The third kappa shape index (κ3) is 3.45. The average Bonchev–Trinajstić information content (AvgIpc) is 2.80. The van der Waals surface area contributed by atoms with Crippen molar-refractivity contribution in [2.45, 2.75) is 26.3 Å². The summed E-state index contributed by atoms with van der Waals surface area (Å²) in [7, 11) is 1.95. The van der Waals surface area contributed by atoms with Crippen molar-refractivity contribution in [3.63, 3.8) is 0 Å². The number of nitrogens with zero attached hydrogens (tertiary/aromatic N) is 2. The van der Waals surface area contributed by atoms with Gasteiger partial charge in [-0.3, -0.25) is 4.68 Å². The molecule has 2 aromatic rings. The molecule has 0 radical (unpaired) electrons. The van der Waals surface area contributed by atoms with E-state index < -0.39 is 0 Å². The Hall–Kier alpha value is -1.13. The number of halogens is 1. The van der Waals surface area contributed by atoms with Crippen LogP contribution in [0.5, 0.6) is 0 Å². The highest BCUT2D eigenvalue weighted by Crippen LogP contribution is 2.25. The molecule has 19 heavy (non-hydrogen) atoms. The van der Waals surface area contributed by atoms with Gasteiger partial charge < -0.3 is 5.32 Å². The quantitative estimate of drug-likeness (QED) is 0.912. The minimum Gasteiger partial charge on any atom is -0.306 e. The highest BCUT2D eigenvalue weighted by molar-refractivity contribution is 9.10. The maximum absolute atomic E-state index is 4.28. The average molecular weight is 322 g/mol. The fraction of sp³-hybridized carbons (Fsp3) is 0.400. The topological polar surface area (TPSA) is 29.9 Å². The Kier molecular flexibility index (Phi) is 4.77. The van der Waals surface area contributed by atoms with Gasteiger partial charge in [-0.15, -0.1) is 0 Å². The lowest BCUT2D eigenvalue weighted by molar-refractivity contribution is 0.597. The Morgan fingerprint density at radius 2 is 2.16 bits per heavy atom. The standard InChI is InChI=1S/C15H20BrN3/c1-4-7-17-15(13-9-18-19(3)10-13)12-5-6-14(16)11(2)8-12/h5-6,8-10,15,17H,4,7H2,1-3H3. The molecule has 102 valence electrons. The van der Waals surface area contributed by atoms with E-state index in [2.05, 4.69) is 64.6 Å². The van der Waals surface area contributed by atoms with Gasteiger partial charge in [-0.25, -0.2) is 0 Å². The van der Waals surface area contributed by atoms with Crippen molar-refractivity contribution in [2.24, 2.45) is 7.05 Å². The van der Waals surface area contributed by atoms with E-state index in [9.17, 15) is 0 Å². The minimum atomic E-state index is 0.209. The van der Waals surface area contributed by atoms with Crippen molar-refractivity contribution in [3.8, 4) is 0 Å². The summed E-state index contributed by atoms with van der Waals surface area (Å²) < 4.78 is 3.00. The summed E-state index contributed by atoms with van der Waals surface area (Å²) in [5.74, 6) is 0. The Morgan fingerprint density at radius 3 is 2.74 bits per heavy atom. The molecule has 0 aliphatic rings. The van der Waals surface area contributed by atoms with E-state index in [1.807, 2.05) is 17.9 Å². The highest BCUT2D eigenvalue weighted by Gasteiger charge is 2.15. The molecule has 1 atom stereocenters. The number of aromatic nitrogens is 2. The van der Waals surface area contributed by atoms with Crippen LogP contribution in [0.25, 0.3) is 0 Å². The van der Waals surface area contributed by atoms with E-state index in [-0.39, 0.29) is 6.04 Å². The molecule has 1 aromatic heterocycles. The van der Waals surface area contributed by atoms with Crippen LogP contribution in [0, 0.1) is 6.92 Å². The molecular formula is C15H20BrN3. The van der Waals surface area contributed by atoms with Gasteiger partial charge in [0, 0.05) is 23.3 Å². The molecule has 0 saturated carbocycles. The second kappa shape index (κ2) is 6.35. The Bertz CT molecular complexity index is 548. The number of hydrogen-bond donors (Lipinski definition) is 1. The van der Waals surface area contributed by atoms with Crippen LogP contribution >= 0.6 is 15.9 Å². The fourth-order valence-electron chi connectivity index (χ4n) is 2.15. The molecule has 2 rings (SSSR count). The van der Waals surface area contributed by atoms with Crippen molar-refractivity contribution >= 4 is 15.9 Å². The molecule has 0 fully saturated rings. The molecule has 0 aliphatic carbocycles. The third-order valence-corrected chi connectivity index (χ3v) is 4.06. The molecule has 0 spiro atoms. The molecule has 0 bridgehead atoms. The number of nitrogens with one attached hydrogen (secondary N) is 1. The van der Waals surface area contributed by atoms with Crippen LogP contribution in [0.4, 0.5) is 0 Å². The highest BCUT2D eigenvalue weighted by atomic mass is 79.9. The first-order valence-electron chi connectivity index (χ1n) is 6.59.